The fourth-order valence-corrected chi connectivity index (χ4v) is 3.65. The number of hydrogen-bond acceptors (Lipinski definition) is 3. The van der Waals surface area contributed by atoms with E-state index in [2.05, 4.69) is 20.7 Å². The molecule has 2 rings (SSSR count). The van der Waals surface area contributed by atoms with Crippen LogP contribution in [0.4, 0.5) is 4.39 Å². The van der Waals surface area contributed by atoms with Crippen molar-refractivity contribution in [2.75, 3.05) is 0 Å². The van der Waals surface area contributed by atoms with Gasteiger partial charge in [-0.2, -0.15) is 0 Å². The average molecular weight is 388 g/mol. The number of aliphatic hydroxyl groups is 1. The van der Waals surface area contributed by atoms with Gasteiger partial charge in [0.1, 0.15) is 10.7 Å². The lowest BCUT2D eigenvalue weighted by atomic mass is 10.0. The van der Waals surface area contributed by atoms with Crippen LogP contribution in [0.25, 0.3) is 0 Å². The fraction of sp³-hybridized carbons (Fsp3) is 0.200. The van der Waals surface area contributed by atoms with E-state index in [9.17, 15) is 17.9 Å². The topological polar surface area (TPSA) is 66.4 Å². The van der Waals surface area contributed by atoms with Crippen LogP contribution in [0, 0.1) is 5.82 Å². The second-order valence-corrected chi connectivity index (χ2v) is 7.44. The summed E-state index contributed by atoms with van der Waals surface area (Å²) in [5.74, 6) is -0.858. The second-order valence-electron chi connectivity index (χ2n) is 4.84. The van der Waals surface area contributed by atoms with Crippen LogP contribution in [0.1, 0.15) is 18.6 Å². The molecule has 0 spiro atoms. The Kier molecular flexibility index (Phi) is 5.33. The van der Waals surface area contributed by atoms with Gasteiger partial charge in [0, 0.05) is 10.5 Å². The van der Waals surface area contributed by atoms with Crippen molar-refractivity contribution in [3.05, 3.63) is 64.4 Å². The van der Waals surface area contributed by atoms with E-state index in [0.29, 0.717) is 10.0 Å². The molecule has 0 radical (unpaired) electrons. The van der Waals surface area contributed by atoms with Crippen molar-refractivity contribution < 1.29 is 17.9 Å². The molecule has 4 nitrogen and oxygen atoms in total. The zero-order valence-corrected chi connectivity index (χ0v) is 14.1. The molecule has 2 aromatic rings. The molecular formula is C15H15BrFNO3S. The monoisotopic (exact) mass is 387 g/mol. The van der Waals surface area contributed by atoms with Crippen LogP contribution < -0.4 is 4.72 Å². The third-order valence-electron chi connectivity index (χ3n) is 3.14. The van der Waals surface area contributed by atoms with E-state index >= 15 is 0 Å². The van der Waals surface area contributed by atoms with Crippen molar-refractivity contribution in [2.45, 2.75) is 24.0 Å². The van der Waals surface area contributed by atoms with Crippen LogP contribution in [0.3, 0.4) is 0 Å². The lowest BCUT2D eigenvalue weighted by Crippen LogP contribution is -2.37. The third kappa shape index (κ3) is 3.92. The first-order valence-corrected chi connectivity index (χ1v) is 8.79. The average Bonchev–Trinajstić information content (AvgIpc) is 2.46. The maximum Gasteiger partial charge on any atom is 0.243 e. The lowest BCUT2D eigenvalue weighted by molar-refractivity contribution is 0.146. The smallest absolute Gasteiger partial charge is 0.243 e. The van der Waals surface area contributed by atoms with Crippen molar-refractivity contribution in [3.63, 3.8) is 0 Å². The van der Waals surface area contributed by atoms with Gasteiger partial charge in [-0.05, 0) is 30.7 Å². The number of aliphatic hydroxyl groups excluding tert-OH is 1. The van der Waals surface area contributed by atoms with E-state index in [4.69, 9.17) is 0 Å². The number of hydrogen-bond donors (Lipinski definition) is 2. The Hall–Kier alpha value is -1.28. The molecule has 0 heterocycles. The fourth-order valence-electron chi connectivity index (χ4n) is 2.00. The Morgan fingerprint density at radius 2 is 1.82 bits per heavy atom. The highest BCUT2D eigenvalue weighted by Crippen LogP contribution is 2.22. The van der Waals surface area contributed by atoms with Crippen LogP contribution in [-0.4, -0.2) is 19.6 Å². The Morgan fingerprint density at radius 3 is 2.41 bits per heavy atom. The first-order chi connectivity index (χ1) is 10.3. The molecule has 0 bridgehead atoms. The predicted molar refractivity (Wildman–Crippen MR) is 85.3 cm³/mol. The Bertz CT molecular complexity index is 753. The highest BCUT2D eigenvalue weighted by atomic mass is 79.9. The first kappa shape index (κ1) is 17.1. The molecule has 0 unspecified atom stereocenters. The van der Waals surface area contributed by atoms with Crippen LogP contribution in [0.15, 0.2) is 57.9 Å². The highest BCUT2D eigenvalue weighted by Gasteiger charge is 2.25. The van der Waals surface area contributed by atoms with E-state index < -0.39 is 32.9 Å². The Morgan fingerprint density at radius 1 is 1.18 bits per heavy atom. The van der Waals surface area contributed by atoms with E-state index in [-0.39, 0.29) is 0 Å². The molecule has 0 amide bonds. The van der Waals surface area contributed by atoms with Gasteiger partial charge in [0.05, 0.1) is 6.10 Å². The van der Waals surface area contributed by atoms with Crippen LogP contribution in [0.2, 0.25) is 0 Å². The van der Waals surface area contributed by atoms with E-state index in [1.807, 2.05) is 0 Å². The Labute approximate surface area is 137 Å². The molecule has 0 aliphatic heterocycles. The minimum atomic E-state index is -4.07. The number of sulfonamides is 1. The van der Waals surface area contributed by atoms with Crippen molar-refractivity contribution in [1.82, 2.24) is 4.72 Å². The van der Waals surface area contributed by atoms with Gasteiger partial charge in [-0.25, -0.2) is 17.5 Å². The zero-order chi connectivity index (χ0) is 16.3. The van der Waals surface area contributed by atoms with Gasteiger partial charge in [0.25, 0.3) is 0 Å². The van der Waals surface area contributed by atoms with Gasteiger partial charge in [-0.1, -0.05) is 46.3 Å². The zero-order valence-electron chi connectivity index (χ0n) is 11.7. The summed E-state index contributed by atoms with van der Waals surface area (Å²) in [5.41, 5.74) is 0.578. The van der Waals surface area contributed by atoms with E-state index in [1.54, 1.807) is 30.3 Å². The largest absolute Gasteiger partial charge is 0.387 e. The van der Waals surface area contributed by atoms with Gasteiger partial charge in [-0.3, -0.25) is 0 Å². The maximum absolute atomic E-state index is 13.8. The molecule has 0 aliphatic rings. The molecule has 2 N–H and O–H groups in total. The molecular weight excluding hydrogens is 373 g/mol. The van der Waals surface area contributed by atoms with Crippen molar-refractivity contribution >= 4 is 26.0 Å². The summed E-state index contributed by atoms with van der Waals surface area (Å²) >= 11 is 3.07. The molecule has 7 heteroatoms. The summed E-state index contributed by atoms with van der Waals surface area (Å²) in [6, 6.07) is 11.5. The molecule has 22 heavy (non-hydrogen) atoms. The van der Waals surface area contributed by atoms with Gasteiger partial charge in [-0.15, -0.1) is 0 Å². The number of nitrogens with one attached hydrogen (secondary N) is 1. The summed E-state index contributed by atoms with van der Waals surface area (Å²) in [4.78, 5) is -0.456. The summed E-state index contributed by atoms with van der Waals surface area (Å²) in [7, 11) is -4.07. The standard InChI is InChI=1S/C15H15BrFNO3S/c1-10(15(19)11-5-3-2-4-6-11)18-22(20,21)14-8-7-12(16)9-13(14)17/h2-10,15,18-19H,1H3/t10-,15+/m1/s1. The molecule has 0 saturated heterocycles. The minimum Gasteiger partial charge on any atom is -0.387 e. The molecule has 2 aromatic carbocycles. The molecule has 0 saturated carbocycles. The molecule has 2 atom stereocenters. The lowest BCUT2D eigenvalue weighted by Gasteiger charge is -2.20. The van der Waals surface area contributed by atoms with E-state index in [1.165, 1.54) is 19.1 Å². The van der Waals surface area contributed by atoms with Crippen LogP contribution in [-0.2, 0) is 10.0 Å². The minimum absolute atomic E-state index is 0.446. The number of halogens is 2. The predicted octanol–water partition coefficient (Wildman–Crippen LogP) is 2.99. The highest BCUT2D eigenvalue weighted by molar-refractivity contribution is 9.10. The quantitative estimate of drug-likeness (QED) is 0.828. The van der Waals surface area contributed by atoms with Crippen LogP contribution >= 0.6 is 15.9 Å². The van der Waals surface area contributed by atoms with Crippen molar-refractivity contribution in [2.24, 2.45) is 0 Å². The maximum atomic E-state index is 13.8. The SMILES string of the molecule is C[C@@H](NS(=O)(=O)c1ccc(Br)cc1F)[C@H](O)c1ccccc1. The molecule has 118 valence electrons. The van der Waals surface area contributed by atoms with Gasteiger partial charge >= 0.3 is 0 Å². The molecule has 0 aliphatic carbocycles. The Balaban J connectivity index is 2.21. The summed E-state index contributed by atoms with van der Waals surface area (Å²) in [6.45, 7) is 1.52. The summed E-state index contributed by atoms with van der Waals surface area (Å²) in [6.07, 6.45) is -1.03. The van der Waals surface area contributed by atoms with Gasteiger partial charge < -0.3 is 5.11 Å². The third-order valence-corrected chi connectivity index (χ3v) is 5.22. The normalized spacial score (nSPS) is 14.5. The van der Waals surface area contributed by atoms with Gasteiger partial charge in [0.15, 0.2) is 0 Å². The number of rotatable bonds is 5. The number of benzene rings is 2. The second kappa shape index (κ2) is 6.87. The van der Waals surface area contributed by atoms with Crippen molar-refractivity contribution in [1.29, 1.82) is 0 Å². The van der Waals surface area contributed by atoms with Gasteiger partial charge in [0.2, 0.25) is 10.0 Å². The molecule has 0 aromatic heterocycles. The molecule has 0 fully saturated rings. The van der Waals surface area contributed by atoms with Crippen LogP contribution in [0.5, 0.6) is 0 Å². The van der Waals surface area contributed by atoms with E-state index in [0.717, 1.165) is 6.07 Å². The first-order valence-electron chi connectivity index (χ1n) is 6.51. The summed E-state index contributed by atoms with van der Waals surface area (Å²) < 4.78 is 41.0. The summed E-state index contributed by atoms with van der Waals surface area (Å²) in [5, 5.41) is 10.2. The van der Waals surface area contributed by atoms with Crippen molar-refractivity contribution in [3.8, 4) is 0 Å².